The van der Waals surface area contributed by atoms with Gasteiger partial charge in [-0.05, 0) is 30.7 Å². The summed E-state index contributed by atoms with van der Waals surface area (Å²) in [6.07, 6.45) is -1.15. The number of nitrogens with one attached hydrogen (secondary N) is 2. The van der Waals surface area contributed by atoms with E-state index < -0.39 is 24.4 Å². The third-order valence-corrected chi connectivity index (χ3v) is 3.87. The summed E-state index contributed by atoms with van der Waals surface area (Å²) in [5.74, 6) is -1.28. The van der Waals surface area contributed by atoms with Gasteiger partial charge in [-0.2, -0.15) is 0 Å². The SMILES string of the molecule is CC(=O)c1cc(C(=O)NOCC(O)CO)c(Nc2ccc(C)cc2F)n1C. The van der Waals surface area contributed by atoms with Crippen LogP contribution in [0.2, 0.25) is 0 Å². The van der Waals surface area contributed by atoms with Crippen LogP contribution < -0.4 is 10.8 Å². The molecule has 4 N–H and O–H groups in total. The summed E-state index contributed by atoms with van der Waals surface area (Å²) in [5, 5.41) is 20.8. The highest BCUT2D eigenvalue weighted by atomic mass is 19.1. The predicted molar refractivity (Wildman–Crippen MR) is 96.3 cm³/mol. The highest BCUT2D eigenvalue weighted by Gasteiger charge is 2.22. The molecular weight excluding hydrogens is 357 g/mol. The molecule has 0 fully saturated rings. The topological polar surface area (TPSA) is 113 Å². The number of carbonyl (C=O) groups is 2. The summed E-state index contributed by atoms with van der Waals surface area (Å²) in [6, 6.07) is 5.94. The van der Waals surface area contributed by atoms with Crippen LogP contribution >= 0.6 is 0 Å². The molecule has 0 aliphatic carbocycles. The first-order chi connectivity index (χ1) is 12.7. The molecule has 2 rings (SSSR count). The Morgan fingerprint density at radius 1 is 1.33 bits per heavy atom. The molecule has 8 nitrogen and oxygen atoms in total. The summed E-state index contributed by atoms with van der Waals surface area (Å²) >= 11 is 0. The average molecular weight is 379 g/mol. The van der Waals surface area contributed by atoms with Crippen LogP contribution in [0.5, 0.6) is 0 Å². The second kappa shape index (κ2) is 8.76. The Kier molecular flexibility index (Phi) is 6.67. The number of aryl methyl sites for hydroxylation is 1. The lowest BCUT2D eigenvalue weighted by Gasteiger charge is -2.13. The van der Waals surface area contributed by atoms with Crippen molar-refractivity contribution in [2.24, 2.45) is 7.05 Å². The van der Waals surface area contributed by atoms with Gasteiger partial charge < -0.3 is 20.1 Å². The number of rotatable bonds is 8. The van der Waals surface area contributed by atoms with E-state index in [9.17, 15) is 19.1 Å². The van der Waals surface area contributed by atoms with E-state index in [0.717, 1.165) is 5.56 Å². The molecule has 1 unspecified atom stereocenters. The number of carbonyl (C=O) groups excluding carboxylic acids is 2. The number of aliphatic hydroxyl groups is 2. The molecule has 146 valence electrons. The first-order valence-corrected chi connectivity index (χ1v) is 8.19. The minimum Gasteiger partial charge on any atom is -0.394 e. The summed E-state index contributed by atoms with van der Waals surface area (Å²) in [7, 11) is 1.57. The number of benzene rings is 1. The van der Waals surface area contributed by atoms with Crippen LogP contribution in [-0.2, 0) is 11.9 Å². The van der Waals surface area contributed by atoms with Gasteiger partial charge in [-0.1, -0.05) is 6.07 Å². The lowest BCUT2D eigenvalue weighted by atomic mass is 10.2. The number of ketones is 1. The molecule has 1 atom stereocenters. The number of aromatic nitrogens is 1. The highest BCUT2D eigenvalue weighted by Crippen LogP contribution is 2.27. The Morgan fingerprint density at radius 2 is 2.04 bits per heavy atom. The zero-order valence-electron chi connectivity index (χ0n) is 15.2. The van der Waals surface area contributed by atoms with E-state index in [2.05, 4.69) is 10.8 Å². The summed E-state index contributed by atoms with van der Waals surface area (Å²) in [5.41, 5.74) is 3.30. The van der Waals surface area contributed by atoms with Crippen molar-refractivity contribution in [2.75, 3.05) is 18.5 Å². The van der Waals surface area contributed by atoms with E-state index in [1.54, 1.807) is 20.0 Å². The van der Waals surface area contributed by atoms with E-state index in [0.29, 0.717) is 0 Å². The minimum atomic E-state index is -1.15. The zero-order valence-corrected chi connectivity index (χ0v) is 15.2. The molecule has 0 spiro atoms. The summed E-state index contributed by atoms with van der Waals surface area (Å²) in [4.78, 5) is 29.1. The monoisotopic (exact) mass is 379 g/mol. The van der Waals surface area contributed by atoms with E-state index in [1.807, 2.05) is 0 Å². The Labute approximate surface area is 155 Å². The Bertz CT molecular complexity index is 850. The number of Topliss-reactive ketones (excluding diaryl/α,β-unsaturated/α-hetero) is 1. The minimum absolute atomic E-state index is 0.0566. The fraction of sp³-hybridized carbons (Fsp3) is 0.333. The lowest BCUT2D eigenvalue weighted by molar-refractivity contribution is -0.0295. The first-order valence-electron chi connectivity index (χ1n) is 8.19. The third kappa shape index (κ3) is 4.91. The molecule has 0 aliphatic rings. The number of aliphatic hydroxyl groups excluding tert-OH is 2. The number of nitrogens with zero attached hydrogens (tertiary/aromatic N) is 1. The van der Waals surface area contributed by atoms with Gasteiger partial charge in [0.1, 0.15) is 24.3 Å². The first kappa shape index (κ1) is 20.6. The Hall–Kier alpha value is -2.75. The van der Waals surface area contributed by atoms with Crippen LogP contribution in [0.4, 0.5) is 15.9 Å². The maximum absolute atomic E-state index is 14.2. The van der Waals surface area contributed by atoms with Crippen LogP contribution in [0.15, 0.2) is 24.3 Å². The van der Waals surface area contributed by atoms with Crippen LogP contribution in [0.25, 0.3) is 0 Å². The molecule has 1 aromatic heterocycles. The van der Waals surface area contributed by atoms with E-state index >= 15 is 0 Å². The molecule has 1 heterocycles. The van der Waals surface area contributed by atoms with Crippen molar-refractivity contribution < 1.29 is 29.0 Å². The lowest BCUT2D eigenvalue weighted by Crippen LogP contribution is -2.30. The molecule has 0 saturated heterocycles. The molecule has 0 radical (unpaired) electrons. The number of hydroxylamine groups is 1. The molecular formula is C18H22FN3O5. The van der Waals surface area contributed by atoms with Crippen molar-refractivity contribution in [3.8, 4) is 0 Å². The largest absolute Gasteiger partial charge is 0.394 e. The Balaban J connectivity index is 2.31. The normalized spacial score (nSPS) is 11.9. The van der Waals surface area contributed by atoms with Gasteiger partial charge in [0.2, 0.25) is 0 Å². The quantitative estimate of drug-likeness (QED) is 0.408. The number of halogens is 1. The predicted octanol–water partition coefficient (Wildman–Crippen LogP) is 1.43. The van der Waals surface area contributed by atoms with Crippen LogP contribution in [0, 0.1) is 12.7 Å². The second-order valence-corrected chi connectivity index (χ2v) is 6.09. The number of anilines is 2. The van der Waals surface area contributed by atoms with Crippen LogP contribution in [0.1, 0.15) is 33.3 Å². The molecule has 2 aromatic rings. The van der Waals surface area contributed by atoms with Gasteiger partial charge in [-0.3, -0.25) is 14.4 Å². The number of amides is 1. The highest BCUT2D eigenvalue weighted by molar-refractivity contribution is 6.03. The molecule has 1 amide bonds. The van der Waals surface area contributed by atoms with Crippen molar-refractivity contribution in [1.82, 2.24) is 10.0 Å². The molecule has 0 aliphatic heterocycles. The molecule has 27 heavy (non-hydrogen) atoms. The molecule has 0 bridgehead atoms. The van der Waals surface area contributed by atoms with Crippen LogP contribution in [0.3, 0.4) is 0 Å². The maximum atomic E-state index is 14.2. The fourth-order valence-electron chi connectivity index (χ4n) is 2.43. The van der Waals surface area contributed by atoms with Gasteiger partial charge >= 0.3 is 0 Å². The smallest absolute Gasteiger partial charge is 0.278 e. The van der Waals surface area contributed by atoms with E-state index in [1.165, 1.54) is 29.7 Å². The van der Waals surface area contributed by atoms with Crippen molar-refractivity contribution in [2.45, 2.75) is 20.0 Å². The van der Waals surface area contributed by atoms with E-state index in [4.69, 9.17) is 9.94 Å². The summed E-state index contributed by atoms with van der Waals surface area (Å²) in [6.45, 7) is 2.26. The number of hydrogen-bond donors (Lipinski definition) is 4. The third-order valence-electron chi connectivity index (χ3n) is 3.87. The van der Waals surface area contributed by atoms with Crippen molar-refractivity contribution >= 4 is 23.2 Å². The summed E-state index contributed by atoms with van der Waals surface area (Å²) < 4.78 is 15.6. The van der Waals surface area contributed by atoms with Gasteiger partial charge in [0.25, 0.3) is 5.91 Å². The number of hydrogen-bond acceptors (Lipinski definition) is 6. The van der Waals surface area contributed by atoms with Gasteiger partial charge in [0.15, 0.2) is 5.78 Å². The van der Waals surface area contributed by atoms with Crippen molar-refractivity contribution in [3.63, 3.8) is 0 Å². The Morgan fingerprint density at radius 3 is 2.63 bits per heavy atom. The van der Waals surface area contributed by atoms with E-state index in [-0.39, 0.29) is 35.2 Å². The van der Waals surface area contributed by atoms with Crippen LogP contribution in [-0.4, -0.2) is 45.8 Å². The standard InChI is InChI=1S/C18H22FN3O5/c1-10-4-5-15(14(19)6-10)20-17-13(7-16(11(2)24)22(17)3)18(26)21-27-9-12(25)8-23/h4-7,12,20,23,25H,8-9H2,1-3H3,(H,21,26). The van der Waals surface area contributed by atoms with Crippen molar-refractivity contribution in [3.05, 3.63) is 46.9 Å². The second-order valence-electron chi connectivity index (χ2n) is 6.09. The molecule has 1 aromatic carbocycles. The van der Waals surface area contributed by atoms with Gasteiger partial charge in [0.05, 0.1) is 23.6 Å². The van der Waals surface area contributed by atoms with Gasteiger partial charge in [-0.25, -0.2) is 9.87 Å². The molecule has 9 heteroatoms. The average Bonchev–Trinajstić information content (AvgIpc) is 2.94. The van der Waals surface area contributed by atoms with Crippen molar-refractivity contribution in [1.29, 1.82) is 0 Å². The maximum Gasteiger partial charge on any atom is 0.278 e. The van der Waals surface area contributed by atoms with Gasteiger partial charge in [0, 0.05) is 14.0 Å². The fourth-order valence-corrected chi connectivity index (χ4v) is 2.43. The van der Waals surface area contributed by atoms with Gasteiger partial charge in [-0.15, -0.1) is 0 Å². The zero-order chi connectivity index (χ0) is 20.1. The molecule has 0 saturated carbocycles.